The number of rotatable bonds is 11. The second-order valence-electron chi connectivity index (χ2n) is 8.15. The lowest BCUT2D eigenvalue weighted by molar-refractivity contribution is 0.00267. The van der Waals surface area contributed by atoms with Crippen LogP contribution in [0.5, 0.6) is 0 Å². The third-order valence-corrected chi connectivity index (χ3v) is 6.43. The van der Waals surface area contributed by atoms with Gasteiger partial charge in [0.05, 0.1) is 37.9 Å². The number of ether oxygens (including phenoxy) is 2. The zero-order valence-corrected chi connectivity index (χ0v) is 20.3. The van der Waals surface area contributed by atoms with Crippen LogP contribution in [0.25, 0.3) is 10.2 Å². The summed E-state index contributed by atoms with van der Waals surface area (Å²) in [4.78, 5) is 35.3. The molecule has 0 saturated heterocycles. The van der Waals surface area contributed by atoms with Gasteiger partial charge in [-0.25, -0.2) is 9.78 Å². The first-order chi connectivity index (χ1) is 15.8. The van der Waals surface area contributed by atoms with Crippen molar-refractivity contribution in [3.8, 4) is 0 Å². The molecule has 2 aromatic heterocycles. The Hall–Kier alpha value is -2.59. The molecule has 2 N–H and O–H groups in total. The van der Waals surface area contributed by atoms with Crippen LogP contribution in [-0.2, 0) is 22.6 Å². The Morgan fingerprint density at radius 3 is 2.67 bits per heavy atom. The predicted molar refractivity (Wildman–Crippen MR) is 129 cm³/mol. The molecular weight excluding hydrogens is 442 g/mol. The number of nitrogens with one attached hydrogen (secondary N) is 1. The van der Waals surface area contributed by atoms with E-state index in [1.54, 1.807) is 13.8 Å². The lowest BCUT2D eigenvalue weighted by atomic mass is 10.2. The van der Waals surface area contributed by atoms with E-state index in [9.17, 15) is 14.7 Å². The number of aliphatic hydroxyl groups excluding tert-OH is 1. The van der Waals surface area contributed by atoms with E-state index in [0.717, 1.165) is 5.56 Å². The molecule has 3 rings (SSSR count). The van der Waals surface area contributed by atoms with Crippen molar-refractivity contribution < 1.29 is 19.4 Å². The fourth-order valence-electron chi connectivity index (χ4n) is 3.52. The molecule has 1 atom stereocenters. The molecule has 3 aromatic rings. The third-order valence-electron chi connectivity index (χ3n) is 5.26. The second-order valence-corrected chi connectivity index (χ2v) is 9.15. The molecule has 0 radical (unpaired) electrons. The number of carbonyl (C=O) groups excluding carboxylic acids is 1. The fourth-order valence-corrected chi connectivity index (χ4v) is 4.61. The monoisotopic (exact) mass is 473 g/mol. The number of aliphatic hydroxyl groups is 1. The largest absolute Gasteiger partial charge is 0.462 e. The van der Waals surface area contributed by atoms with E-state index in [1.165, 1.54) is 11.3 Å². The first-order valence-corrected chi connectivity index (χ1v) is 11.8. The van der Waals surface area contributed by atoms with Gasteiger partial charge in [-0.3, -0.25) is 9.69 Å². The van der Waals surface area contributed by atoms with Crippen molar-refractivity contribution in [2.75, 3.05) is 19.8 Å². The fraction of sp³-hybridized carbons (Fsp3) is 0.458. The molecule has 0 unspecified atom stereocenters. The highest BCUT2D eigenvalue weighted by Crippen LogP contribution is 2.27. The maximum Gasteiger partial charge on any atom is 0.348 e. The number of aromatic nitrogens is 2. The molecule has 0 amide bonds. The van der Waals surface area contributed by atoms with Gasteiger partial charge in [0.25, 0.3) is 5.56 Å². The summed E-state index contributed by atoms with van der Waals surface area (Å²) in [5.74, 6) is 0.0386. The molecule has 178 valence electrons. The Bertz CT molecular complexity index is 1130. The lowest BCUT2D eigenvalue weighted by Gasteiger charge is -2.28. The highest BCUT2D eigenvalue weighted by molar-refractivity contribution is 7.20. The molecule has 0 saturated carbocycles. The molecule has 0 aliphatic carbocycles. The molecule has 0 bridgehead atoms. The number of H-pyrrole nitrogens is 1. The van der Waals surface area contributed by atoms with Gasteiger partial charge in [-0.05, 0) is 38.8 Å². The third kappa shape index (κ3) is 6.48. The van der Waals surface area contributed by atoms with Gasteiger partial charge in [0, 0.05) is 12.6 Å². The van der Waals surface area contributed by atoms with Crippen molar-refractivity contribution in [1.82, 2.24) is 14.9 Å². The normalized spacial score (nSPS) is 12.6. The van der Waals surface area contributed by atoms with E-state index in [0.29, 0.717) is 46.2 Å². The summed E-state index contributed by atoms with van der Waals surface area (Å²) in [6.07, 6.45) is -0.689. The molecule has 1 aromatic carbocycles. The van der Waals surface area contributed by atoms with E-state index in [1.807, 2.05) is 49.1 Å². The number of carbonyl (C=O) groups is 1. The smallest absolute Gasteiger partial charge is 0.348 e. The van der Waals surface area contributed by atoms with Crippen molar-refractivity contribution in [3.63, 3.8) is 0 Å². The number of aryl methyl sites for hydroxylation is 1. The molecule has 0 fully saturated rings. The van der Waals surface area contributed by atoms with Crippen LogP contribution in [0.2, 0.25) is 0 Å². The van der Waals surface area contributed by atoms with E-state index in [-0.39, 0.29) is 24.8 Å². The summed E-state index contributed by atoms with van der Waals surface area (Å²) in [5, 5.41) is 10.9. The van der Waals surface area contributed by atoms with Gasteiger partial charge in [-0.2, -0.15) is 0 Å². The molecule has 0 aliphatic heterocycles. The quantitative estimate of drug-likeness (QED) is 0.412. The standard InChI is InChI=1S/C24H31N3O5S/c1-5-32-24(30)21-16(4)20-22(29)25-19(26-23(20)33-21)12-27(15(2)3)11-18(28)14-31-13-17-9-7-6-8-10-17/h6-10,15,18,28H,5,11-14H2,1-4H3,(H,25,26,29)/t18-/m1/s1. The average Bonchev–Trinajstić information content (AvgIpc) is 3.11. The van der Waals surface area contributed by atoms with Crippen molar-refractivity contribution in [2.24, 2.45) is 0 Å². The Balaban J connectivity index is 1.68. The summed E-state index contributed by atoms with van der Waals surface area (Å²) in [7, 11) is 0. The summed E-state index contributed by atoms with van der Waals surface area (Å²) >= 11 is 1.17. The van der Waals surface area contributed by atoms with Crippen LogP contribution in [0.15, 0.2) is 35.1 Å². The van der Waals surface area contributed by atoms with Gasteiger partial charge >= 0.3 is 5.97 Å². The van der Waals surface area contributed by atoms with Crippen LogP contribution < -0.4 is 5.56 Å². The van der Waals surface area contributed by atoms with Crippen LogP contribution >= 0.6 is 11.3 Å². The number of fused-ring (bicyclic) bond motifs is 1. The Morgan fingerprint density at radius 1 is 1.27 bits per heavy atom. The topological polar surface area (TPSA) is 105 Å². The molecule has 2 heterocycles. The minimum atomic E-state index is -0.689. The van der Waals surface area contributed by atoms with Crippen molar-refractivity contribution in [3.05, 3.63) is 62.5 Å². The Labute approximate surface area is 197 Å². The molecule has 0 aliphatic rings. The van der Waals surface area contributed by atoms with Crippen molar-refractivity contribution >= 4 is 27.5 Å². The molecule has 0 spiro atoms. The number of hydrogen-bond acceptors (Lipinski definition) is 8. The average molecular weight is 474 g/mol. The molecule has 33 heavy (non-hydrogen) atoms. The predicted octanol–water partition coefficient (Wildman–Crippen LogP) is 3.26. The zero-order chi connectivity index (χ0) is 24.0. The first-order valence-electron chi connectivity index (χ1n) is 11.0. The number of benzene rings is 1. The summed E-state index contributed by atoms with van der Waals surface area (Å²) in [6.45, 7) is 9.13. The highest BCUT2D eigenvalue weighted by atomic mass is 32.1. The Morgan fingerprint density at radius 2 is 2.00 bits per heavy atom. The van der Waals surface area contributed by atoms with E-state index >= 15 is 0 Å². The lowest BCUT2D eigenvalue weighted by Crippen LogP contribution is -2.39. The van der Waals surface area contributed by atoms with Crippen LogP contribution in [-0.4, -0.2) is 57.8 Å². The van der Waals surface area contributed by atoms with Gasteiger partial charge in [-0.1, -0.05) is 30.3 Å². The number of hydrogen-bond donors (Lipinski definition) is 2. The number of thiophene rings is 1. The van der Waals surface area contributed by atoms with E-state index in [4.69, 9.17) is 9.47 Å². The van der Waals surface area contributed by atoms with Crippen LogP contribution in [0.1, 0.15) is 47.4 Å². The van der Waals surface area contributed by atoms with Crippen molar-refractivity contribution in [1.29, 1.82) is 0 Å². The zero-order valence-electron chi connectivity index (χ0n) is 19.5. The number of aromatic amines is 1. The van der Waals surface area contributed by atoms with Crippen molar-refractivity contribution in [2.45, 2.75) is 53.0 Å². The first kappa shape index (κ1) is 25.0. The van der Waals surface area contributed by atoms with Gasteiger partial charge < -0.3 is 19.6 Å². The van der Waals surface area contributed by atoms with Gasteiger partial charge in [0.15, 0.2) is 0 Å². The SMILES string of the molecule is CCOC(=O)c1sc2nc(CN(C[C@@H](O)COCc3ccccc3)C(C)C)[nH]c(=O)c2c1C. The van der Waals surface area contributed by atoms with Crippen LogP contribution in [0.4, 0.5) is 0 Å². The van der Waals surface area contributed by atoms with Gasteiger partial charge in [0.2, 0.25) is 0 Å². The minimum absolute atomic E-state index is 0.106. The number of esters is 1. The summed E-state index contributed by atoms with van der Waals surface area (Å²) in [6, 6.07) is 9.91. The summed E-state index contributed by atoms with van der Waals surface area (Å²) < 4.78 is 10.7. The minimum Gasteiger partial charge on any atom is -0.462 e. The maximum absolute atomic E-state index is 12.7. The highest BCUT2D eigenvalue weighted by Gasteiger charge is 2.22. The number of nitrogens with zero attached hydrogens (tertiary/aromatic N) is 2. The van der Waals surface area contributed by atoms with Crippen LogP contribution in [0.3, 0.4) is 0 Å². The molecular formula is C24H31N3O5S. The Kier molecular flexibility index (Phi) is 8.74. The van der Waals surface area contributed by atoms with Gasteiger partial charge in [-0.15, -0.1) is 11.3 Å². The van der Waals surface area contributed by atoms with Gasteiger partial charge in [0.1, 0.15) is 15.5 Å². The van der Waals surface area contributed by atoms with E-state index in [2.05, 4.69) is 9.97 Å². The molecule has 9 heteroatoms. The van der Waals surface area contributed by atoms with Crippen LogP contribution in [0, 0.1) is 6.92 Å². The second kappa shape index (κ2) is 11.5. The molecule has 8 nitrogen and oxygen atoms in total. The summed E-state index contributed by atoms with van der Waals surface area (Å²) in [5.41, 5.74) is 1.35. The maximum atomic E-state index is 12.7. The van der Waals surface area contributed by atoms with E-state index < -0.39 is 12.1 Å².